The van der Waals surface area contributed by atoms with E-state index in [1.165, 1.54) is 0 Å². The average molecular weight is 458 g/mol. The maximum atomic E-state index is 14.9. The van der Waals surface area contributed by atoms with Crippen molar-refractivity contribution in [2.24, 2.45) is 0 Å². The number of H-pyrrole nitrogens is 2. The number of rotatable bonds is 1. The predicted octanol–water partition coefficient (Wildman–Crippen LogP) is 6.88. The summed E-state index contributed by atoms with van der Waals surface area (Å²) in [6.07, 6.45) is 6.90. The molecule has 0 aliphatic carbocycles. The SMILES string of the molecule is Fc1cc(F)c(F)c(-c2c3nc(cc4ccc(cc5nc(cc6ccc2[nH]6)C=C5)[nH]4)C=C3)c1F. The molecule has 34 heavy (non-hydrogen) atoms. The van der Waals surface area contributed by atoms with Gasteiger partial charge in [-0.15, -0.1) is 0 Å². The first-order chi connectivity index (χ1) is 16.4. The first-order valence-corrected chi connectivity index (χ1v) is 10.4. The third-order valence-electron chi connectivity index (χ3n) is 5.58. The zero-order valence-electron chi connectivity index (χ0n) is 17.3. The van der Waals surface area contributed by atoms with E-state index >= 15 is 0 Å². The fourth-order valence-corrected chi connectivity index (χ4v) is 4.06. The summed E-state index contributed by atoms with van der Waals surface area (Å²) < 4.78 is 58.0. The maximum Gasteiger partial charge on any atom is 0.169 e. The monoisotopic (exact) mass is 458 g/mol. The molecular weight excluding hydrogens is 444 g/mol. The molecule has 5 heterocycles. The molecule has 4 aromatic rings. The summed E-state index contributed by atoms with van der Waals surface area (Å²) in [5.74, 6) is -5.98. The molecule has 2 aliphatic heterocycles. The molecule has 6 rings (SSSR count). The molecule has 2 N–H and O–H groups in total. The minimum absolute atomic E-state index is 0.101. The highest BCUT2D eigenvalue weighted by Crippen LogP contribution is 2.35. The van der Waals surface area contributed by atoms with Crippen molar-refractivity contribution in [3.63, 3.8) is 0 Å². The van der Waals surface area contributed by atoms with E-state index in [0.29, 0.717) is 16.9 Å². The number of nitrogens with zero attached hydrogens (tertiary/aromatic N) is 2. The Balaban J connectivity index is 1.77. The molecule has 8 heteroatoms. The smallest absolute Gasteiger partial charge is 0.169 e. The summed E-state index contributed by atoms with van der Waals surface area (Å²) in [5.41, 5.74) is 3.54. The lowest BCUT2D eigenvalue weighted by Gasteiger charge is -2.08. The number of benzene rings is 1. The molecule has 2 aliphatic rings. The van der Waals surface area contributed by atoms with Crippen molar-refractivity contribution >= 4 is 46.4 Å². The number of aromatic amines is 2. The molecule has 8 bridgehead atoms. The van der Waals surface area contributed by atoms with E-state index in [0.717, 1.165) is 16.7 Å². The lowest BCUT2D eigenvalue weighted by molar-refractivity contribution is 0.458. The van der Waals surface area contributed by atoms with Crippen molar-refractivity contribution in [3.8, 4) is 11.1 Å². The van der Waals surface area contributed by atoms with Crippen molar-refractivity contribution in [1.82, 2.24) is 19.9 Å². The van der Waals surface area contributed by atoms with Gasteiger partial charge in [-0.1, -0.05) is 0 Å². The number of fused-ring (bicyclic) bond motifs is 8. The van der Waals surface area contributed by atoms with Gasteiger partial charge in [0.15, 0.2) is 23.3 Å². The average Bonchev–Trinajstić information content (AvgIpc) is 3.60. The maximum absolute atomic E-state index is 14.9. The van der Waals surface area contributed by atoms with E-state index in [2.05, 4.69) is 19.9 Å². The van der Waals surface area contributed by atoms with Gasteiger partial charge in [0.2, 0.25) is 0 Å². The topological polar surface area (TPSA) is 57.4 Å². The van der Waals surface area contributed by atoms with Gasteiger partial charge in [-0.25, -0.2) is 27.5 Å². The lowest BCUT2D eigenvalue weighted by atomic mass is 10.0. The number of hydrogen-bond donors (Lipinski definition) is 2. The lowest BCUT2D eigenvalue weighted by Crippen LogP contribution is -2.00. The van der Waals surface area contributed by atoms with Crippen molar-refractivity contribution in [1.29, 1.82) is 0 Å². The van der Waals surface area contributed by atoms with E-state index in [1.54, 1.807) is 36.4 Å². The fraction of sp³-hybridized carbons (Fsp3) is 0. The van der Waals surface area contributed by atoms with Crippen LogP contribution in [-0.2, 0) is 0 Å². The summed E-state index contributed by atoms with van der Waals surface area (Å²) in [6.45, 7) is 0. The molecule has 0 spiro atoms. The standard InChI is InChI=1S/C26H14F4N4/c27-19-12-20(28)26(30)24(25(19)29)23-21-7-5-17(33-21)10-15-3-1-13(31-15)9-14-2-4-16(32-14)11-18-6-8-22(23)34-18/h1-12,31,34H. The van der Waals surface area contributed by atoms with Gasteiger partial charge < -0.3 is 9.97 Å². The molecule has 1 aromatic carbocycles. The molecule has 166 valence electrons. The first-order valence-electron chi connectivity index (χ1n) is 10.4. The Bertz CT molecular complexity index is 1680. The Labute approximate surface area is 190 Å². The van der Waals surface area contributed by atoms with Crippen LogP contribution in [0.15, 0.2) is 48.5 Å². The first kappa shape index (κ1) is 20.2. The van der Waals surface area contributed by atoms with Crippen molar-refractivity contribution in [2.45, 2.75) is 0 Å². The van der Waals surface area contributed by atoms with Crippen LogP contribution in [0.25, 0.3) is 57.5 Å². The zero-order valence-corrected chi connectivity index (χ0v) is 17.3. The van der Waals surface area contributed by atoms with Gasteiger partial charge in [-0.05, 0) is 66.8 Å². The van der Waals surface area contributed by atoms with Gasteiger partial charge in [0.1, 0.15) is 0 Å². The molecule has 0 saturated heterocycles. The molecule has 0 radical (unpaired) electrons. The van der Waals surface area contributed by atoms with Gasteiger partial charge in [-0.3, -0.25) is 0 Å². The number of aromatic nitrogens is 4. The Morgan fingerprint density at radius 2 is 1.06 bits per heavy atom. The minimum Gasteiger partial charge on any atom is -0.355 e. The van der Waals surface area contributed by atoms with Crippen LogP contribution in [-0.4, -0.2) is 19.9 Å². The van der Waals surface area contributed by atoms with Crippen LogP contribution in [0.3, 0.4) is 0 Å². The molecule has 4 nitrogen and oxygen atoms in total. The minimum atomic E-state index is -1.50. The Morgan fingerprint density at radius 3 is 1.71 bits per heavy atom. The van der Waals surface area contributed by atoms with Gasteiger partial charge in [0, 0.05) is 33.7 Å². The Morgan fingerprint density at radius 1 is 0.529 bits per heavy atom. The second-order valence-corrected chi connectivity index (χ2v) is 7.90. The summed E-state index contributed by atoms with van der Waals surface area (Å²) in [4.78, 5) is 15.3. The summed E-state index contributed by atoms with van der Waals surface area (Å²) in [6, 6.07) is 12.6. The van der Waals surface area contributed by atoms with Crippen molar-refractivity contribution in [2.75, 3.05) is 0 Å². The fourth-order valence-electron chi connectivity index (χ4n) is 4.06. The summed E-state index contributed by atoms with van der Waals surface area (Å²) >= 11 is 0. The van der Waals surface area contributed by atoms with Gasteiger partial charge in [0.05, 0.1) is 28.3 Å². The second-order valence-electron chi connectivity index (χ2n) is 7.90. The van der Waals surface area contributed by atoms with Crippen LogP contribution in [0.4, 0.5) is 17.6 Å². The summed E-state index contributed by atoms with van der Waals surface area (Å²) in [5, 5.41) is 0. The zero-order chi connectivity index (χ0) is 23.4. The normalized spacial score (nSPS) is 12.5. The third kappa shape index (κ3) is 3.40. The summed E-state index contributed by atoms with van der Waals surface area (Å²) in [7, 11) is 0. The molecule has 0 unspecified atom stereocenters. The predicted molar refractivity (Wildman–Crippen MR) is 124 cm³/mol. The van der Waals surface area contributed by atoms with E-state index in [9.17, 15) is 17.6 Å². The quantitative estimate of drug-likeness (QED) is 0.208. The van der Waals surface area contributed by atoms with Crippen LogP contribution >= 0.6 is 0 Å². The van der Waals surface area contributed by atoms with Gasteiger partial charge in [0.25, 0.3) is 0 Å². The number of nitrogens with one attached hydrogen (secondary N) is 2. The second kappa shape index (κ2) is 7.55. The number of hydrogen-bond acceptors (Lipinski definition) is 2. The highest BCUT2D eigenvalue weighted by Gasteiger charge is 2.24. The van der Waals surface area contributed by atoms with E-state index in [4.69, 9.17) is 0 Å². The largest absolute Gasteiger partial charge is 0.355 e. The third-order valence-corrected chi connectivity index (χ3v) is 5.58. The van der Waals surface area contributed by atoms with Gasteiger partial charge >= 0.3 is 0 Å². The van der Waals surface area contributed by atoms with Crippen LogP contribution in [0.1, 0.15) is 22.8 Å². The van der Waals surface area contributed by atoms with Crippen LogP contribution in [0.2, 0.25) is 0 Å². The highest BCUT2D eigenvalue weighted by molar-refractivity contribution is 5.91. The molecule has 0 atom stereocenters. The van der Waals surface area contributed by atoms with Gasteiger partial charge in [-0.2, -0.15) is 0 Å². The molecule has 0 fully saturated rings. The molecule has 0 amide bonds. The van der Waals surface area contributed by atoms with Crippen LogP contribution in [0, 0.1) is 23.3 Å². The highest BCUT2D eigenvalue weighted by atomic mass is 19.2. The van der Waals surface area contributed by atoms with Crippen molar-refractivity contribution in [3.05, 3.63) is 94.6 Å². The molecular formula is C26H14F4N4. The Hall–Kier alpha value is -4.46. The van der Waals surface area contributed by atoms with E-state index in [-0.39, 0.29) is 22.8 Å². The van der Waals surface area contributed by atoms with E-state index in [1.807, 2.05) is 30.4 Å². The number of halogens is 4. The molecule has 3 aromatic heterocycles. The van der Waals surface area contributed by atoms with Crippen LogP contribution < -0.4 is 0 Å². The Kier molecular flexibility index (Phi) is 4.48. The van der Waals surface area contributed by atoms with E-state index < -0.39 is 28.8 Å². The van der Waals surface area contributed by atoms with Crippen molar-refractivity contribution < 1.29 is 17.6 Å². The van der Waals surface area contributed by atoms with Crippen LogP contribution in [0.5, 0.6) is 0 Å². The molecule has 0 saturated carbocycles.